The van der Waals surface area contributed by atoms with Crippen molar-refractivity contribution in [3.8, 4) is 0 Å². The van der Waals surface area contributed by atoms with Crippen LogP contribution in [0.25, 0.3) is 0 Å². The van der Waals surface area contributed by atoms with E-state index in [0.717, 1.165) is 5.56 Å². The van der Waals surface area contributed by atoms with Crippen LogP contribution >= 0.6 is 11.6 Å². The second-order valence-electron chi connectivity index (χ2n) is 7.34. The number of anilines is 1. The number of benzene rings is 1. The number of carbonyl (C=O) groups excluding carboxylic acids is 2. The van der Waals surface area contributed by atoms with Gasteiger partial charge in [-0.15, -0.1) is 0 Å². The van der Waals surface area contributed by atoms with Crippen molar-refractivity contribution >= 4 is 29.2 Å². The van der Waals surface area contributed by atoms with Crippen molar-refractivity contribution in [3.05, 3.63) is 52.3 Å². The van der Waals surface area contributed by atoms with E-state index in [1.807, 2.05) is 45.0 Å². The fraction of sp³-hybridized carbons (Fsp3) is 0.368. The van der Waals surface area contributed by atoms with Crippen molar-refractivity contribution < 1.29 is 9.59 Å². The molecule has 130 valence electrons. The predicted octanol–water partition coefficient (Wildman–Crippen LogP) is 4.03. The van der Waals surface area contributed by atoms with Gasteiger partial charge in [-0.2, -0.15) is 0 Å². The maximum absolute atomic E-state index is 12.4. The summed E-state index contributed by atoms with van der Waals surface area (Å²) in [6.07, 6.45) is 2.53. The molecule has 1 amide bonds. The van der Waals surface area contributed by atoms with E-state index in [4.69, 9.17) is 11.6 Å². The number of aromatic nitrogens is 2. The zero-order valence-corrected chi connectivity index (χ0v) is 15.2. The zero-order valence-electron chi connectivity index (χ0n) is 14.5. The average Bonchev–Trinajstić information content (AvgIpc) is 2.53. The summed E-state index contributed by atoms with van der Waals surface area (Å²) in [4.78, 5) is 33.1. The standard InChI is InChI=1S/C19H20ClN3O2/c1-19(2,3)17(25)23-18-21-10-14-15(22-18)8-12(9-16(14)24)11-5-4-6-13(20)7-11/h4-7,10,12H,8-9H2,1-3H3,(H,21,22,23,25)/t12-/m1/s1. The molecule has 5 nitrogen and oxygen atoms in total. The normalized spacial score (nSPS) is 17.1. The van der Waals surface area contributed by atoms with Crippen LogP contribution in [-0.4, -0.2) is 21.7 Å². The third kappa shape index (κ3) is 3.87. The number of halogens is 1. The maximum atomic E-state index is 12.4. The Labute approximate surface area is 151 Å². The lowest BCUT2D eigenvalue weighted by molar-refractivity contribution is -0.123. The van der Waals surface area contributed by atoms with Gasteiger partial charge in [0.05, 0.1) is 11.3 Å². The first-order chi connectivity index (χ1) is 11.7. The van der Waals surface area contributed by atoms with E-state index in [0.29, 0.717) is 29.1 Å². The number of Topliss-reactive ketones (excluding diaryl/α,β-unsaturated/α-hetero) is 1. The molecular formula is C19H20ClN3O2. The van der Waals surface area contributed by atoms with Crippen LogP contribution in [0.1, 0.15) is 54.7 Å². The van der Waals surface area contributed by atoms with Crippen LogP contribution in [0.5, 0.6) is 0 Å². The molecule has 25 heavy (non-hydrogen) atoms. The topological polar surface area (TPSA) is 72.0 Å². The van der Waals surface area contributed by atoms with Crippen LogP contribution in [0.2, 0.25) is 5.02 Å². The summed E-state index contributed by atoms with van der Waals surface area (Å²) in [5, 5.41) is 3.37. The number of hydrogen-bond acceptors (Lipinski definition) is 4. The van der Waals surface area contributed by atoms with Crippen molar-refractivity contribution in [1.29, 1.82) is 0 Å². The van der Waals surface area contributed by atoms with E-state index in [1.54, 1.807) is 0 Å². The van der Waals surface area contributed by atoms with Gasteiger partial charge in [-0.3, -0.25) is 14.9 Å². The van der Waals surface area contributed by atoms with Crippen molar-refractivity contribution in [1.82, 2.24) is 9.97 Å². The molecule has 0 unspecified atom stereocenters. The summed E-state index contributed by atoms with van der Waals surface area (Å²) in [6, 6.07) is 7.55. The fourth-order valence-electron chi connectivity index (χ4n) is 2.79. The van der Waals surface area contributed by atoms with Crippen LogP contribution < -0.4 is 5.32 Å². The summed E-state index contributed by atoms with van der Waals surface area (Å²) in [6.45, 7) is 5.46. The smallest absolute Gasteiger partial charge is 0.232 e. The van der Waals surface area contributed by atoms with Crippen LogP contribution in [-0.2, 0) is 11.2 Å². The molecule has 1 aromatic carbocycles. The summed E-state index contributed by atoms with van der Waals surface area (Å²) >= 11 is 6.07. The Kier molecular flexibility index (Phi) is 4.60. The van der Waals surface area contributed by atoms with Gasteiger partial charge in [0.1, 0.15) is 0 Å². The lowest BCUT2D eigenvalue weighted by atomic mass is 9.82. The molecular weight excluding hydrogens is 338 g/mol. The minimum absolute atomic E-state index is 0.0138. The molecule has 0 saturated heterocycles. The maximum Gasteiger partial charge on any atom is 0.232 e. The number of nitrogens with zero attached hydrogens (tertiary/aromatic N) is 2. The Morgan fingerprint density at radius 1 is 1.28 bits per heavy atom. The highest BCUT2D eigenvalue weighted by Crippen LogP contribution is 2.33. The fourth-order valence-corrected chi connectivity index (χ4v) is 2.99. The van der Waals surface area contributed by atoms with E-state index >= 15 is 0 Å². The van der Waals surface area contributed by atoms with E-state index in [1.165, 1.54) is 6.20 Å². The SMILES string of the molecule is CC(C)(C)C(=O)Nc1ncc2c(n1)C[C@@H](c1cccc(Cl)c1)CC2=O. The molecule has 3 rings (SSSR count). The van der Waals surface area contributed by atoms with Gasteiger partial charge in [-0.25, -0.2) is 9.97 Å². The molecule has 0 bridgehead atoms. The van der Waals surface area contributed by atoms with E-state index in [2.05, 4.69) is 15.3 Å². The van der Waals surface area contributed by atoms with Gasteiger partial charge >= 0.3 is 0 Å². The number of carbonyl (C=O) groups is 2. The number of amides is 1. The van der Waals surface area contributed by atoms with Crippen molar-refractivity contribution in [3.63, 3.8) is 0 Å². The van der Waals surface area contributed by atoms with E-state index < -0.39 is 5.41 Å². The molecule has 1 aliphatic carbocycles. The van der Waals surface area contributed by atoms with Gasteiger partial charge in [-0.05, 0) is 30.0 Å². The number of rotatable bonds is 2. The van der Waals surface area contributed by atoms with Gasteiger partial charge in [0.15, 0.2) is 5.78 Å². The summed E-state index contributed by atoms with van der Waals surface area (Å²) in [5.74, 6) is 0.110. The number of fused-ring (bicyclic) bond motifs is 1. The second kappa shape index (κ2) is 6.56. The molecule has 6 heteroatoms. The quantitative estimate of drug-likeness (QED) is 0.880. The summed E-state index contributed by atoms with van der Waals surface area (Å²) in [7, 11) is 0. The van der Waals surface area contributed by atoms with E-state index in [9.17, 15) is 9.59 Å². The Bertz CT molecular complexity index is 843. The van der Waals surface area contributed by atoms with Gasteiger partial charge in [0.25, 0.3) is 0 Å². The molecule has 1 atom stereocenters. The molecule has 1 aliphatic rings. The van der Waals surface area contributed by atoms with Crippen molar-refractivity contribution in [2.24, 2.45) is 5.41 Å². The predicted molar refractivity (Wildman–Crippen MR) is 97.0 cm³/mol. The minimum atomic E-state index is -0.543. The zero-order chi connectivity index (χ0) is 18.2. The Morgan fingerprint density at radius 3 is 2.72 bits per heavy atom. The Balaban J connectivity index is 1.87. The van der Waals surface area contributed by atoms with Crippen molar-refractivity contribution in [2.75, 3.05) is 5.32 Å². The van der Waals surface area contributed by atoms with Gasteiger partial charge in [-0.1, -0.05) is 44.5 Å². The van der Waals surface area contributed by atoms with E-state index in [-0.39, 0.29) is 23.6 Å². The number of hydrogen-bond donors (Lipinski definition) is 1. The highest BCUT2D eigenvalue weighted by Gasteiger charge is 2.29. The molecule has 0 aliphatic heterocycles. The molecule has 0 saturated carbocycles. The molecule has 1 aromatic heterocycles. The largest absolute Gasteiger partial charge is 0.294 e. The first kappa shape index (κ1) is 17.5. The molecule has 0 spiro atoms. The van der Waals surface area contributed by atoms with Crippen LogP contribution in [0.4, 0.5) is 5.95 Å². The Hall–Kier alpha value is -2.27. The highest BCUT2D eigenvalue weighted by atomic mass is 35.5. The Morgan fingerprint density at radius 2 is 2.04 bits per heavy atom. The molecule has 1 heterocycles. The summed E-state index contributed by atoms with van der Waals surface area (Å²) in [5.41, 5.74) is 1.68. The first-order valence-corrected chi connectivity index (χ1v) is 8.58. The number of ketones is 1. The third-order valence-electron chi connectivity index (χ3n) is 4.27. The van der Waals surface area contributed by atoms with Gasteiger partial charge in [0, 0.05) is 23.1 Å². The second-order valence-corrected chi connectivity index (χ2v) is 7.78. The third-order valence-corrected chi connectivity index (χ3v) is 4.50. The van der Waals surface area contributed by atoms with Gasteiger partial charge in [0.2, 0.25) is 11.9 Å². The van der Waals surface area contributed by atoms with Crippen molar-refractivity contribution in [2.45, 2.75) is 39.5 Å². The lowest BCUT2D eigenvalue weighted by Crippen LogP contribution is -2.29. The average molecular weight is 358 g/mol. The number of nitrogens with one attached hydrogen (secondary N) is 1. The monoisotopic (exact) mass is 357 g/mol. The lowest BCUT2D eigenvalue weighted by Gasteiger charge is -2.24. The molecule has 0 fully saturated rings. The first-order valence-electron chi connectivity index (χ1n) is 8.20. The van der Waals surface area contributed by atoms with Gasteiger partial charge < -0.3 is 0 Å². The molecule has 1 N–H and O–H groups in total. The highest BCUT2D eigenvalue weighted by molar-refractivity contribution is 6.30. The minimum Gasteiger partial charge on any atom is -0.294 e. The molecule has 0 radical (unpaired) electrons. The molecule has 2 aromatic rings. The summed E-state index contributed by atoms with van der Waals surface area (Å²) < 4.78 is 0. The van der Waals surface area contributed by atoms with Crippen LogP contribution in [0.15, 0.2) is 30.5 Å². The van der Waals surface area contributed by atoms with Crippen LogP contribution in [0, 0.1) is 5.41 Å². The van der Waals surface area contributed by atoms with Crippen LogP contribution in [0.3, 0.4) is 0 Å².